The second kappa shape index (κ2) is 22.7. The van der Waals surface area contributed by atoms with Crippen LogP contribution < -0.4 is 30.1 Å². The van der Waals surface area contributed by atoms with E-state index in [-0.39, 0.29) is 65.0 Å². The molecule has 0 unspecified atom stereocenters. The average molecular weight is 1060 g/mol. The van der Waals surface area contributed by atoms with Crippen LogP contribution in [0.5, 0.6) is 23.0 Å². The molecule has 4 saturated carbocycles. The molecule has 10 atom stereocenters. The molecule has 4 fully saturated rings. The monoisotopic (exact) mass is 1060 g/mol. The van der Waals surface area contributed by atoms with E-state index in [2.05, 4.69) is 78.4 Å². The van der Waals surface area contributed by atoms with Crippen LogP contribution in [0, 0.1) is 58.2 Å². The predicted octanol–water partition coefficient (Wildman–Crippen LogP) is 9.53. The minimum Gasteiger partial charge on any atom is -0.454 e. The Kier molecular flexibility index (Phi) is 16.9. The number of nitrogens with two attached hydrogens (primary N) is 1. The van der Waals surface area contributed by atoms with Crippen molar-refractivity contribution < 1.29 is 49.3 Å². The van der Waals surface area contributed by atoms with Crippen LogP contribution in [0.1, 0.15) is 161 Å². The summed E-state index contributed by atoms with van der Waals surface area (Å²) in [6.45, 7) is 13.7. The third kappa shape index (κ3) is 10.3. The molecule has 406 valence electrons. The quantitative estimate of drug-likeness (QED) is 0.110. The summed E-state index contributed by atoms with van der Waals surface area (Å²) in [5.41, 5.74) is 18.0. The van der Waals surface area contributed by atoms with Gasteiger partial charge < -0.3 is 50.3 Å². The van der Waals surface area contributed by atoms with E-state index in [4.69, 9.17) is 42.0 Å². The lowest BCUT2D eigenvalue weighted by atomic mass is 9.51. The molecule has 0 radical (unpaired) electrons. The van der Waals surface area contributed by atoms with Gasteiger partial charge in [-0.15, -0.1) is 11.8 Å². The third-order valence-electron chi connectivity index (χ3n) is 18.4. The number of aliphatic hydroxyl groups excluding tert-OH is 1. The number of hydrogen-bond donors (Lipinski definition) is 5. The summed E-state index contributed by atoms with van der Waals surface area (Å²) < 4.78 is 22.6. The highest BCUT2D eigenvalue weighted by molar-refractivity contribution is 7.80. The van der Waals surface area contributed by atoms with Crippen molar-refractivity contribution in [2.24, 2.45) is 45.3 Å². The summed E-state index contributed by atoms with van der Waals surface area (Å²) in [6.07, 6.45) is 16.7. The van der Waals surface area contributed by atoms with Gasteiger partial charge >= 0.3 is 0 Å². The summed E-state index contributed by atoms with van der Waals surface area (Å²) in [5.74, 6) is 18.3. The van der Waals surface area contributed by atoms with Gasteiger partial charge in [0.25, 0.3) is 0 Å². The first-order valence-electron chi connectivity index (χ1n) is 27.1. The lowest BCUT2D eigenvalue weighted by molar-refractivity contribution is -0.115. The molecule has 2 aromatic carbocycles. The van der Waals surface area contributed by atoms with E-state index in [9.17, 15) is 19.8 Å². The summed E-state index contributed by atoms with van der Waals surface area (Å²) in [6, 6.07) is 12.7. The molecule has 14 heteroatoms. The number of allylic oxidation sites excluding steroid dienone is 8. The topological polar surface area (TPSA) is 214 Å². The van der Waals surface area contributed by atoms with Gasteiger partial charge in [-0.3, -0.25) is 10.2 Å². The van der Waals surface area contributed by atoms with Crippen molar-refractivity contribution in [3.63, 3.8) is 0 Å². The second-order valence-electron chi connectivity index (χ2n) is 22.6. The number of rotatable bonds is 3. The molecule has 0 saturated heterocycles. The number of nitrogens with one attached hydrogen (secondary N) is 1. The number of fused-ring (bicyclic) bond motifs is 10. The Balaban J connectivity index is 0.000000178. The molecule has 2 aliphatic heterocycles. The maximum Gasteiger partial charge on any atom is 0.231 e. The van der Waals surface area contributed by atoms with E-state index in [1.165, 1.54) is 52.8 Å². The van der Waals surface area contributed by atoms with Gasteiger partial charge in [0.05, 0.1) is 5.71 Å². The maximum absolute atomic E-state index is 12.2. The van der Waals surface area contributed by atoms with Crippen LogP contribution in [0.15, 0.2) is 87.1 Å². The van der Waals surface area contributed by atoms with E-state index in [1.54, 1.807) is 12.5 Å². The number of hydrogen-bond acceptors (Lipinski definition) is 11. The summed E-state index contributed by atoms with van der Waals surface area (Å²) in [7, 11) is 0. The number of nitrogens with zero attached hydrogens (tertiary/aromatic N) is 1. The highest BCUT2D eigenvalue weighted by Crippen LogP contribution is 2.68. The Hall–Kier alpha value is -5.74. The zero-order valence-electron chi connectivity index (χ0n) is 45.3. The van der Waals surface area contributed by atoms with Crippen molar-refractivity contribution >= 4 is 34.6 Å². The van der Waals surface area contributed by atoms with Gasteiger partial charge in [0.15, 0.2) is 33.9 Å². The van der Waals surface area contributed by atoms with E-state index >= 15 is 0 Å². The molecule has 2 heterocycles. The molecular formula is C62H77N3O10S. The van der Waals surface area contributed by atoms with E-state index in [1.807, 2.05) is 32.1 Å². The molecule has 0 amide bonds. The molecule has 12 rings (SSSR count). The molecule has 2 aromatic rings. The van der Waals surface area contributed by atoms with Gasteiger partial charge in [-0.2, -0.15) is 5.10 Å². The molecule has 10 aliphatic rings. The van der Waals surface area contributed by atoms with Crippen molar-refractivity contribution in [1.29, 1.82) is 0 Å². The lowest BCUT2D eigenvalue weighted by Gasteiger charge is -2.53. The summed E-state index contributed by atoms with van der Waals surface area (Å²) in [5, 5.41) is 35.7. The Bertz CT molecular complexity index is 2930. The standard InChI is InChI=1S/C29H33N3O3S.C28H30O4.C3H6O.C2H6O.H2O/c1-3-11-29(33)12-10-23-21-7-4-17-13-19(31-32-27(30)36)6-8-20(17)26(21)22(15-28(23,29)2)18-5-9-24-25(14-18)35-16-34-24;1-3-11-28(30)12-10-23-21-7-4-17-13-19(29)6-8-20(17)26(21)22(15-27(23,28)2)18-5-9-24-25(14-18)32-16-31-24;1-3(2)4;1-2-3;/h5,9,13-14,21-23,33H,4,6-8,10,12,15-16H2,1-2H3,(H3,30,32,36);5,9,13-14,21-23,30H,4,6-8,10,12,15-16H2,1-2H3;1-2H3;3H,2H2,1H3;1H2/t21-,22+,23-,28-,29-;21-,22+,23-,27-,28-;;;/m00.../s1. The first kappa shape index (κ1) is 56.5. The Morgan fingerprint density at radius 3 is 1.61 bits per heavy atom. The number of ether oxygens (including phenoxy) is 4. The van der Waals surface area contributed by atoms with Crippen LogP contribution in [0.25, 0.3) is 0 Å². The van der Waals surface area contributed by atoms with Crippen molar-refractivity contribution in [1.82, 2.24) is 5.43 Å². The van der Waals surface area contributed by atoms with Crippen LogP contribution in [-0.4, -0.2) is 74.6 Å². The Morgan fingerprint density at radius 2 is 1.16 bits per heavy atom. The van der Waals surface area contributed by atoms with E-state index in [0.717, 1.165) is 112 Å². The fourth-order valence-electron chi connectivity index (χ4n) is 15.2. The van der Waals surface area contributed by atoms with Crippen LogP contribution in [-0.2, 0) is 9.59 Å². The number of carbonyl (C=O) groups excluding carboxylic acids is 2. The molecule has 0 spiro atoms. The number of aliphatic hydroxyl groups is 3. The maximum atomic E-state index is 12.2. The minimum absolute atomic E-state index is 0. The molecule has 0 aromatic heterocycles. The van der Waals surface area contributed by atoms with Crippen molar-refractivity contribution in [2.75, 3.05) is 20.2 Å². The van der Waals surface area contributed by atoms with Gasteiger partial charge in [0.2, 0.25) is 13.6 Å². The van der Waals surface area contributed by atoms with Crippen molar-refractivity contribution in [2.45, 2.75) is 161 Å². The summed E-state index contributed by atoms with van der Waals surface area (Å²) >= 11 is 4.93. The zero-order chi connectivity index (χ0) is 53.5. The zero-order valence-corrected chi connectivity index (χ0v) is 46.1. The first-order chi connectivity index (χ1) is 35.9. The molecule has 13 nitrogen and oxygen atoms in total. The Labute approximate surface area is 454 Å². The molecule has 76 heavy (non-hydrogen) atoms. The van der Waals surface area contributed by atoms with Gasteiger partial charge in [0, 0.05) is 35.7 Å². The van der Waals surface area contributed by atoms with Gasteiger partial charge in [-0.1, -0.05) is 49.0 Å². The average Bonchev–Trinajstić information content (AvgIpc) is 4.17. The van der Waals surface area contributed by atoms with Gasteiger partial charge in [-0.05, 0) is 224 Å². The smallest absolute Gasteiger partial charge is 0.231 e. The normalized spacial score (nSPS) is 32.9. The number of carbonyl (C=O) groups is 2. The van der Waals surface area contributed by atoms with Crippen molar-refractivity contribution in [3.05, 3.63) is 93.1 Å². The molecular weight excluding hydrogens is 979 g/mol. The number of hydrazone groups is 1. The van der Waals surface area contributed by atoms with Crippen LogP contribution >= 0.6 is 12.2 Å². The van der Waals surface area contributed by atoms with Gasteiger partial charge in [-0.25, -0.2) is 0 Å². The largest absolute Gasteiger partial charge is 0.454 e. The molecule has 0 bridgehead atoms. The number of thiocarbonyl (C=S) groups is 1. The first-order valence-corrected chi connectivity index (χ1v) is 27.5. The van der Waals surface area contributed by atoms with Crippen LogP contribution in [0.4, 0.5) is 0 Å². The summed E-state index contributed by atoms with van der Waals surface area (Å²) in [4.78, 5) is 21.6. The molecule has 8 aliphatic carbocycles. The van der Waals surface area contributed by atoms with E-state index < -0.39 is 11.2 Å². The number of benzene rings is 2. The fourth-order valence-corrected chi connectivity index (χ4v) is 15.3. The van der Waals surface area contributed by atoms with Gasteiger partial charge in [0.1, 0.15) is 17.0 Å². The lowest BCUT2D eigenvalue weighted by Crippen LogP contribution is -2.51. The van der Waals surface area contributed by atoms with Crippen LogP contribution in [0.3, 0.4) is 0 Å². The van der Waals surface area contributed by atoms with Crippen molar-refractivity contribution in [3.8, 4) is 46.7 Å². The third-order valence-corrected chi connectivity index (χ3v) is 18.5. The highest BCUT2D eigenvalue weighted by atomic mass is 32.1. The highest BCUT2D eigenvalue weighted by Gasteiger charge is 2.64. The van der Waals surface area contributed by atoms with Crippen LogP contribution in [0.2, 0.25) is 0 Å². The second-order valence-corrected chi connectivity index (χ2v) is 23.0. The predicted molar refractivity (Wildman–Crippen MR) is 298 cm³/mol. The molecule has 8 N–H and O–H groups in total. The number of ketones is 2. The Morgan fingerprint density at radius 1 is 0.724 bits per heavy atom. The minimum atomic E-state index is -0.952. The SMILES string of the molecule is CC#C[C@]1(O)CC[C@H]2[C@@H]3CCC4=CC(=NNC(N)=S)CCC4=C3[C@@H](c3ccc4c(c3)OCO4)C[C@@]21C.CC#C[C@]1(O)CC[C@H]2[C@@H]3CCC4=CC(=O)CCC4=C3[C@@H](c3ccc4c(c3)OCO4)C[C@@]21C.CC(C)=O.CCO.O. The fraction of sp³-hybridized carbons (Fsp3) is 0.548. The number of Topliss-reactive ketones (excluding diaryl/α,β-unsaturated/α-hetero) is 1. The van der Waals surface area contributed by atoms with E-state index in [0.29, 0.717) is 30.1 Å².